The van der Waals surface area contributed by atoms with Crippen LogP contribution in [0, 0.1) is 0 Å². The number of rotatable bonds is 6. The minimum absolute atomic E-state index is 0.0197. The minimum Gasteiger partial charge on any atom is -0.350 e. The Labute approximate surface area is 195 Å². The van der Waals surface area contributed by atoms with Gasteiger partial charge in [0.05, 0.1) is 28.3 Å². The molecule has 1 atom stereocenters. The molecule has 2 heterocycles. The number of carbonyl (C=O) groups excluding carboxylic acids is 2. The number of nitrogens with one attached hydrogen (secondary N) is 1. The molecule has 0 saturated heterocycles. The minimum atomic E-state index is -0.106. The molecular weight excluding hydrogens is 432 g/mol. The van der Waals surface area contributed by atoms with E-state index in [1.165, 1.54) is 18.7 Å². The molecule has 33 heavy (non-hydrogen) atoms. The molecule has 6 nitrogen and oxygen atoms in total. The number of hydrogen-bond acceptors (Lipinski definition) is 5. The van der Waals surface area contributed by atoms with Gasteiger partial charge in [-0.2, -0.15) is 0 Å². The smallest absolute Gasteiger partial charge is 0.217 e. The lowest BCUT2D eigenvalue weighted by Gasteiger charge is -2.13. The molecular formula is C26H22N4O2S. The van der Waals surface area contributed by atoms with Crippen LogP contribution in [-0.4, -0.2) is 31.8 Å². The maximum atomic E-state index is 12.9. The van der Waals surface area contributed by atoms with Gasteiger partial charge < -0.3 is 5.32 Å². The molecule has 5 aromatic rings. The summed E-state index contributed by atoms with van der Waals surface area (Å²) < 4.78 is 2.04. The molecule has 5 rings (SSSR count). The maximum absolute atomic E-state index is 12.9. The second-order valence-corrected chi connectivity index (χ2v) is 8.87. The first-order chi connectivity index (χ1) is 16.0. The molecule has 1 amide bonds. The van der Waals surface area contributed by atoms with E-state index in [1.807, 2.05) is 84.1 Å². The van der Waals surface area contributed by atoms with Crippen molar-refractivity contribution in [1.82, 2.24) is 19.7 Å². The van der Waals surface area contributed by atoms with E-state index in [0.29, 0.717) is 5.56 Å². The number of para-hydroxylation sites is 3. The number of carbonyl (C=O) groups is 2. The van der Waals surface area contributed by atoms with Gasteiger partial charge in [-0.1, -0.05) is 60.3 Å². The van der Waals surface area contributed by atoms with Gasteiger partial charge in [0.25, 0.3) is 0 Å². The lowest BCUT2D eigenvalue weighted by Crippen LogP contribution is -2.23. The van der Waals surface area contributed by atoms with Gasteiger partial charge in [-0.25, -0.2) is 9.97 Å². The molecule has 3 aromatic carbocycles. The zero-order valence-corrected chi connectivity index (χ0v) is 19.1. The zero-order chi connectivity index (χ0) is 22.9. The fraction of sp³-hybridized carbons (Fsp3) is 0.154. The number of nitrogens with zero attached hydrogens (tertiary/aromatic N) is 3. The molecule has 0 saturated carbocycles. The van der Waals surface area contributed by atoms with Crippen LogP contribution in [0.3, 0.4) is 0 Å². The molecule has 164 valence electrons. The summed E-state index contributed by atoms with van der Waals surface area (Å²) in [6.45, 7) is 3.41. The lowest BCUT2D eigenvalue weighted by molar-refractivity contribution is -0.119. The number of thioether (sulfide) groups is 1. The molecule has 0 spiro atoms. The SMILES string of the molecule is CC(=O)N[C@@H](C)c1ccc(C(=O)CSc2nc3ccccc3c3nc4ccccc4n23)cc1. The molecule has 0 bridgehead atoms. The van der Waals surface area contributed by atoms with Gasteiger partial charge in [0, 0.05) is 17.9 Å². The summed E-state index contributed by atoms with van der Waals surface area (Å²) in [7, 11) is 0. The quantitative estimate of drug-likeness (QED) is 0.217. The van der Waals surface area contributed by atoms with Crippen LogP contribution in [0.15, 0.2) is 78.0 Å². The Morgan fingerprint density at radius 2 is 1.64 bits per heavy atom. The highest BCUT2D eigenvalue weighted by Crippen LogP contribution is 2.29. The van der Waals surface area contributed by atoms with E-state index < -0.39 is 0 Å². The number of benzene rings is 3. The summed E-state index contributed by atoms with van der Waals surface area (Å²) in [6.07, 6.45) is 0. The van der Waals surface area contributed by atoms with E-state index in [2.05, 4.69) is 5.32 Å². The van der Waals surface area contributed by atoms with Crippen LogP contribution in [0.25, 0.3) is 27.6 Å². The van der Waals surface area contributed by atoms with Crippen LogP contribution in [0.1, 0.15) is 35.8 Å². The first-order valence-corrected chi connectivity index (χ1v) is 11.7. The van der Waals surface area contributed by atoms with Crippen molar-refractivity contribution >= 4 is 51.0 Å². The van der Waals surface area contributed by atoms with Crippen molar-refractivity contribution in [2.75, 3.05) is 5.75 Å². The van der Waals surface area contributed by atoms with Crippen molar-refractivity contribution in [1.29, 1.82) is 0 Å². The third-order valence-corrected chi connectivity index (χ3v) is 6.54. The predicted molar refractivity (Wildman–Crippen MR) is 132 cm³/mol. The Morgan fingerprint density at radius 3 is 2.39 bits per heavy atom. The molecule has 1 N–H and O–H groups in total. The predicted octanol–water partition coefficient (Wildman–Crippen LogP) is 5.21. The van der Waals surface area contributed by atoms with E-state index in [0.717, 1.165) is 38.3 Å². The number of ketones is 1. The Bertz CT molecular complexity index is 1510. The fourth-order valence-corrected chi connectivity index (χ4v) is 4.87. The molecule has 0 unspecified atom stereocenters. The largest absolute Gasteiger partial charge is 0.350 e. The second kappa shape index (κ2) is 8.67. The highest BCUT2D eigenvalue weighted by molar-refractivity contribution is 7.99. The molecule has 0 fully saturated rings. The van der Waals surface area contributed by atoms with Gasteiger partial charge in [0.15, 0.2) is 10.9 Å². The summed E-state index contributed by atoms with van der Waals surface area (Å²) in [4.78, 5) is 33.9. The number of hydrogen-bond donors (Lipinski definition) is 1. The Balaban J connectivity index is 1.44. The van der Waals surface area contributed by atoms with Gasteiger partial charge >= 0.3 is 0 Å². The fourth-order valence-electron chi connectivity index (χ4n) is 3.97. The third kappa shape index (κ3) is 4.07. The van der Waals surface area contributed by atoms with Crippen LogP contribution in [0.4, 0.5) is 0 Å². The van der Waals surface area contributed by atoms with Crippen LogP contribution in [0.2, 0.25) is 0 Å². The zero-order valence-electron chi connectivity index (χ0n) is 18.3. The standard InChI is InChI=1S/C26H22N4O2S/c1-16(27-17(2)31)18-11-13-19(14-12-18)24(32)15-33-26-29-21-8-4-3-7-20(21)25-28-22-9-5-6-10-23(22)30(25)26/h3-14,16H,15H2,1-2H3,(H,27,31)/t16-/m0/s1. The van der Waals surface area contributed by atoms with Gasteiger partial charge in [-0.15, -0.1) is 0 Å². The second-order valence-electron chi connectivity index (χ2n) is 7.93. The first kappa shape index (κ1) is 21.2. The first-order valence-electron chi connectivity index (χ1n) is 10.7. The number of aromatic nitrogens is 3. The number of fused-ring (bicyclic) bond motifs is 5. The van der Waals surface area contributed by atoms with Crippen molar-refractivity contribution < 1.29 is 9.59 Å². The van der Waals surface area contributed by atoms with Crippen molar-refractivity contribution in [3.63, 3.8) is 0 Å². The van der Waals surface area contributed by atoms with E-state index >= 15 is 0 Å². The lowest BCUT2D eigenvalue weighted by atomic mass is 10.0. The Morgan fingerprint density at radius 1 is 0.939 bits per heavy atom. The normalized spacial score (nSPS) is 12.3. The van der Waals surface area contributed by atoms with Gasteiger partial charge in [-0.05, 0) is 36.8 Å². The topological polar surface area (TPSA) is 76.4 Å². The van der Waals surface area contributed by atoms with Crippen molar-refractivity contribution in [2.45, 2.75) is 25.0 Å². The molecule has 7 heteroatoms. The molecule has 0 aliphatic heterocycles. The molecule has 2 aromatic heterocycles. The number of Topliss-reactive ketones (excluding diaryl/α,β-unsaturated/α-hetero) is 1. The van der Waals surface area contributed by atoms with Crippen molar-refractivity contribution in [3.8, 4) is 0 Å². The van der Waals surface area contributed by atoms with Crippen LogP contribution < -0.4 is 5.32 Å². The Hall–Kier alpha value is -3.71. The van der Waals surface area contributed by atoms with E-state index in [4.69, 9.17) is 9.97 Å². The van der Waals surface area contributed by atoms with Crippen LogP contribution in [-0.2, 0) is 4.79 Å². The van der Waals surface area contributed by atoms with E-state index in [9.17, 15) is 9.59 Å². The van der Waals surface area contributed by atoms with Crippen molar-refractivity contribution in [3.05, 3.63) is 83.9 Å². The summed E-state index contributed by atoms with van der Waals surface area (Å²) in [5.41, 5.74) is 5.15. The summed E-state index contributed by atoms with van der Waals surface area (Å²) in [6, 6.07) is 23.2. The van der Waals surface area contributed by atoms with Gasteiger partial charge in [0.2, 0.25) is 5.91 Å². The highest BCUT2D eigenvalue weighted by atomic mass is 32.2. The molecule has 0 aliphatic rings. The number of amides is 1. The molecule has 0 aliphatic carbocycles. The van der Waals surface area contributed by atoms with Crippen LogP contribution in [0.5, 0.6) is 0 Å². The monoisotopic (exact) mass is 454 g/mol. The Kier molecular flexibility index (Phi) is 5.56. The average molecular weight is 455 g/mol. The van der Waals surface area contributed by atoms with Gasteiger partial charge in [0.1, 0.15) is 5.65 Å². The third-order valence-electron chi connectivity index (χ3n) is 5.60. The summed E-state index contributed by atoms with van der Waals surface area (Å²) >= 11 is 1.41. The average Bonchev–Trinajstić information content (AvgIpc) is 3.22. The highest BCUT2D eigenvalue weighted by Gasteiger charge is 2.16. The van der Waals surface area contributed by atoms with Gasteiger partial charge in [-0.3, -0.25) is 14.0 Å². The van der Waals surface area contributed by atoms with E-state index in [-0.39, 0.29) is 23.5 Å². The summed E-state index contributed by atoms with van der Waals surface area (Å²) in [5.74, 6) is 0.194. The molecule has 0 radical (unpaired) electrons. The maximum Gasteiger partial charge on any atom is 0.217 e. The number of imidazole rings is 1. The van der Waals surface area contributed by atoms with Crippen molar-refractivity contribution in [2.24, 2.45) is 0 Å². The summed E-state index contributed by atoms with van der Waals surface area (Å²) in [5, 5.41) is 4.57. The van der Waals surface area contributed by atoms with Crippen LogP contribution >= 0.6 is 11.8 Å². The van der Waals surface area contributed by atoms with E-state index in [1.54, 1.807) is 0 Å².